The highest BCUT2D eigenvalue weighted by Crippen LogP contribution is 2.32. The topological polar surface area (TPSA) is 113 Å². The third kappa shape index (κ3) is 6.50. The van der Waals surface area contributed by atoms with Crippen LogP contribution in [0.25, 0.3) is 22.0 Å². The van der Waals surface area contributed by atoms with Crippen LogP contribution in [0.4, 0.5) is 11.8 Å². The molecule has 1 saturated carbocycles. The van der Waals surface area contributed by atoms with Gasteiger partial charge in [-0.2, -0.15) is 0 Å². The Balaban J connectivity index is 1.31. The molecule has 10 nitrogen and oxygen atoms in total. The maximum atomic E-state index is 13.1. The first-order valence-electron chi connectivity index (χ1n) is 14.9. The van der Waals surface area contributed by atoms with Crippen LogP contribution in [0.5, 0.6) is 0 Å². The number of hydrogen-bond acceptors (Lipinski definition) is 8. The molecular weight excluding hydrogens is 542 g/mol. The van der Waals surface area contributed by atoms with Crippen LogP contribution in [0.15, 0.2) is 67.0 Å². The molecule has 2 aromatic carbocycles. The number of nitrogens with one attached hydrogen (secondary N) is 2. The van der Waals surface area contributed by atoms with Crippen molar-refractivity contribution >= 4 is 34.5 Å². The number of benzene rings is 2. The summed E-state index contributed by atoms with van der Waals surface area (Å²) < 4.78 is 5.52. The van der Waals surface area contributed by atoms with Crippen molar-refractivity contribution in [2.75, 3.05) is 51.0 Å². The lowest BCUT2D eigenvalue weighted by Gasteiger charge is -2.32. The zero-order valence-electron chi connectivity index (χ0n) is 24.6. The SMILES string of the molecule is COC1CCC(Nc2ncc3c(NC(=O)c4ccccc4)ncc(-c4ccc(C(=O)N5CCN(C)CC5)cc4)c3n2)CC1. The summed E-state index contributed by atoms with van der Waals surface area (Å²) in [5.74, 6) is 0.703. The van der Waals surface area contributed by atoms with E-state index in [4.69, 9.17) is 9.72 Å². The van der Waals surface area contributed by atoms with Gasteiger partial charge in [0.1, 0.15) is 5.82 Å². The second kappa shape index (κ2) is 12.8. The molecule has 1 saturated heterocycles. The van der Waals surface area contributed by atoms with Gasteiger partial charge in [-0.3, -0.25) is 9.59 Å². The lowest BCUT2D eigenvalue weighted by atomic mass is 9.93. The number of carbonyl (C=O) groups is 2. The molecule has 2 fully saturated rings. The number of methoxy groups -OCH3 is 1. The van der Waals surface area contributed by atoms with Crippen molar-refractivity contribution in [3.8, 4) is 11.1 Å². The highest BCUT2D eigenvalue weighted by atomic mass is 16.5. The Kier molecular flexibility index (Phi) is 8.57. The third-order valence-corrected chi connectivity index (χ3v) is 8.46. The van der Waals surface area contributed by atoms with Crippen LogP contribution in [0, 0.1) is 0 Å². The van der Waals surface area contributed by atoms with Gasteiger partial charge in [-0.15, -0.1) is 0 Å². The minimum Gasteiger partial charge on any atom is -0.381 e. The largest absolute Gasteiger partial charge is 0.381 e. The fraction of sp³-hybridized carbons (Fsp3) is 0.364. The van der Waals surface area contributed by atoms with Crippen LogP contribution in [-0.4, -0.2) is 89.0 Å². The number of aromatic nitrogens is 3. The van der Waals surface area contributed by atoms with Gasteiger partial charge in [0, 0.05) is 68.4 Å². The standard InChI is InChI=1S/C33H37N7O3/c1-39-16-18-40(19-17-39)32(42)24-10-8-22(9-11-24)27-20-34-30(38-31(41)23-6-4-3-5-7-23)28-21-35-33(37-29(27)28)36-25-12-14-26(43-2)15-13-25/h3-11,20-21,25-26H,12-19H2,1-2H3,(H,34,38,41)(H,35,36,37). The second-order valence-electron chi connectivity index (χ2n) is 11.3. The molecule has 2 aromatic heterocycles. The van der Waals surface area contributed by atoms with Crippen LogP contribution in [0.1, 0.15) is 46.4 Å². The molecule has 43 heavy (non-hydrogen) atoms. The number of hydrogen-bond donors (Lipinski definition) is 2. The Morgan fingerprint density at radius 1 is 0.860 bits per heavy atom. The molecule has 2 amide bonds. The van der Waals surface area contributed by atoms with Gasteiger partial charge in [0.25, 0.3) is 11.8 Å². The number of amides is 2. The predicted octanol–water partition coefficient (Wildman–Crippen LogP) is 4.70. The van der Waals surface area contributed by atoms with Crippen molar-refractivity contribution in [3.63, 3.8) is 0 Å². The van der Waals surface area contributed by atoms with E-state index in [1.807, 2.05) is 47.4 Å². The molecule has 1 aliphatic carbocycles. The van der Waals surface area contributed by atoms with Crippen LogP contribution in [0.3, 0.4) is 0 Å². The molecule has 10 heteroatoms. The van der Waals surface area contributed by atoms with Gasteiger partial charge >= 0.3 is 0 Å². The summed E-state index contributed by atoms with van der Waals surface area (Å²) in [6.45, 7) is 3.19. The first kappa shape index (κ1) is 28.7. The van der Waals surface area contributed by atoms with Crippen LogP contribution < -0.4 is 10.6 Å². The first-order valence-corrected chi connectivity index (χ1v) is 14.9. The maximum absolute atomic E-state index is 13.1. The molecule has 0 bridgehead atoms. The Hall–Kier alpha value is -4.41. The van der Waals surface area contributed by atoms with Crippen LogP contribution >= 0.6 is 0 Å². The molecule has 6 rings (SSSR count). The average molecular weight is 580 g/mol. The molecule has 0 atom stereocenters. The quantitative estimate of drug-likeness (QED) is 0.324. The van der Waals surface area contributed by atoms with Gasteiger partial charge < -0.3 is 25.2 Å². The van der Waals surface area contributed by atoms with E-state index in [1.54, 1.807) is 31.6 Å². The monoisotopic (exact) mass is 579 g/mol. The maximum Gasteiger partial charge on any atom is 0.256 e. The summed E-state index contributed by atoms with van der Waals surface area (Å²) in [7, 11) is 3.84. The molecule has 0 unspecified atom stereocenters. The Labute approximate surface area is 251 Å². The molecule has 2 N–H and O–H groups in total. The highest BCUT2D eigenvalue weighted by Gasteiger charge is 2.23. The number of piperazine rings is 1. The fourth-order valence-electron chi connectivity index (χ4n) is 5.78. The molecule has 0 radical (unpaired) electrons. The van der Waals surface area contributed by atoms with E-state index >= 15 is 0 Å². The van der Waals surface area contributed by atoms with Crippen molar-refractivity contribution in [1.82, 2.24) is 24.8 Å². The lowest BCUT2D eigenvalue weighted by Crippen LogP contribution is -2.47. The summed E-state index contributed by atoms with van der Waals surface area (Å²) in [6, 6.07) is 16.9. The van der Waals surface area contributed by atoms with Crippen molar-refractivity contribution in [2.45, 2.75) is 37.8 Å². The average Bonchev–Trinajstić information content (AvgIpc) is 3.06. The first-order chi connectivity index (χ1) is 21.0. The molecule has 2 aliphatic rings. The third-order valence-electron chi connectivity index (χ3n) is 8.46. The molecule has 0 spiro atoms. The predicted molar refractivity (Wildman–Crippen MR) is 167 cm³/mol. The minimum atomic E-state index is -0.258. The zero-order valence-corrected chi connectivity index (χ0v) is 24.6. The van der Waals surface area contributed by atoms with Crippen molar-refractivity contribution in [1.29, 1.82) is 0 Å². The van der Waals surface area contributed by atoms with Gasteiger partial charge in [0.05, 0.1) is 17.0 Å². The van der Waals surface area contributed by atoms with E-state index in [0.29, 0.717) is 39.9 Å². The highest BCUT2D eigenvalue weighted by molar-refractivity contribution is 6.09. The lowest BCUT2D eigenvalue weighted by molar-refractivity contribution is 0.0663. The number of fused-ring (bicyclic) bond motifs is 1. The molecule has 222 valence electrons. The summed E-state index contributed by atoms with van der Waals surface area (Å²) in [5, 5.41) is 7.08. The summed E-state index contributed by atoms with van der Waals surface area (Å²) in [6.07, 6.45) is 7.68. The van der Waals surface area contributed by atoms with Crippen LogP contribution in [0.2, 0.25) is 0 Å². The van der Waals surface area contributed by atoms with Gasteiger partial charge in [0.15, 0.2) is 0 Å². The number of likely N-dealkylation sites (N-methyl/N-ethyl adjacent to an activating group) is 1. The van der Waals surface area contributed by atoms with E-state index in [-0.39, 0.29) is 17.9 Å². The zero-order chi connectivity index (χ0) is 29.8. The Bertz CT molecular complexity index is 1580. The molecule has 4 aromatic rings. The van der Waals surface area contributed by atoms with E-state index in [2.05, 4.69) is 32.5 Å². The summed E-state index contributed by atoms with van der Waals surface area (Å²) in [4.78, 5) is 44.4. The number of anilines is 2. The van der Waals surface area contributed by atoms with Gasteiger partial charge in [-0.25, -0.2) is 15.0 Å². The number of rotatable bonds is 7. The smallest absolute Gasteiger partial charge is 0.256 e. The number of nitrogens with zero attached hydrogens (tertiary/aromatic N) is 5. The minimum absolute atomic E-state index is 0.0404. The van der Waals surface area contributed by atoms with Crippen LogP contribution in [-0.2, 0) is 4.74 Å². The van der Waals surface area contributed by atoms with E-state index in [1.165, 1.54) is 0 Å². The van der Waals surface area contributed by atoms with E-state index < -0.39 is 0 Å². The number of pyridine rings is 1. The van der Waals surface area contributed by atoms with Gasteiger partial charge in [-0.1, -0.05) is 30.3 Å². The molecular formula is C33H37N7O3. The van der Waals surface area contributed by atoms with Gasteiger partial charge in [0.2, 0.25) is 5.95 Å². The summed E-state index contributed by atoms with van der Waals surface area (Å²) in [5.41, 5.74) is 3.52. The van der Waals surface area contributed by atoms with Crippen molar-refractivity contribution in [3.05, 3.63) is 78.1 Å². The number of ether oxygens (including phenoxy) is 1. The van der Waals surface area contributed by atoms with E-state index in [9.17, 15) is 9.59 Å². The van der Waals surface area contributed by atoms with E-state index in [0.717, 1.165) is 63.0 Å². The summed E-state index contributed by atoms with van der Waals surface area (Å²) >= 11 is 0. The molecule has 1 aliphatic heterocycles. The number of carbonyl (C=O) groups excluding carboxylic acids is 2. The fourth-order valence-corrected chi connectivity index (χ4v) is 5.78. The Morgan fingerprint density at radius 3 is 2.28 bits per heavy atom. The van der Waals surface area contributed by atoms with Gasteiger partial charge in [-0.05, 0) is 62.6 Å². The Morgan fingerprint density at radius 2 is 1.58 bits per heavy atom. The molecule has 3 heterocycles. The van der Waals surface area contributed by atoms with Crippen molar-refractivity contribution < 1.29 is 14.3 Å². The van der Waals surface area contributed by atoms with Crippen molar-refractivity contribution in [2.24, 2.45) is 0 Å². The second-order valence-corrected chi connectivity index (χ2v) is 11.3. The normalized spacial score (nSPS) is 19.3.